The van der Waals surface area contributed by atoms with Crippen molar-refractivity contribution in [3.8, 4) is 12.3 Å². The van der Waals surface area contributed by atoms with Crippen LogP contribution in [0.3, 0.4) is 0 Å². The van der Waals surface area contributed by atoms with Gasteiger partial charge in [-0.05, 0) is 22.0 Å². The van der Waals surface area contributed by atoms with Crippen LogP contribution in [-0.2, 0) is 0 Å². The van der Waals surface area contributed by atoms with Gasteiger partial charge in [0.1, 0.15) is 5.15 Å². The van der Waals surface area contributed by atoms with Gasteiger partial charge in [-0.3, -0.25) is 4.79 Å². The standard InChI is InChI=1S/C9H6BrClN2O/c1-2-3-12-9(14)6-4-7(10)8(11)13-5-6/h1,4-5H,3H2,(H,12,14). The van der Waals surface area contributed by atoms with Gasteiger partial charge in [-0.25, -0.2) is 4.98 Å². The molecule has 0 aliphatic heterocycles. The summed E-state index contributed by atoms with van der Waals surface area (Å²) in [6.45, 7) is 0.194. The maximum absolute atomic E-state index is 11.4. The predicted molar refractivity (Wildman–Crippen MR) is 58.1 cm³/mol. The average Bonchev–Trinajstić information content (AvgIpc) is 2.18. The minimum Gasteiger partial charge on any atom is -0.341 e. The lowest BCUT2D eigenvalue weighted by atomic mass is 10.3. The van der Waals surface area contributed by atoms with Crippen molar-refractivity contribution in [3.63, 3.8) is 0 Å². The molecule has 0 aromatic carbocycles. The Morgan fingerprint density at radius 1 is 1.79 bits per heavy atom. The van der Waals surface area contributed by atoms with Crippen molar-refractivity contribution < 1.29 is 4.79 Å². The first-order valence-electron chi connectivity index (χ1n) is 3.68. The Hall–Kier alpha value is -1.05. The van der Waals surface area contributed by atoms with Crippen molar-refractivity contribution in [1.29, 1.82) is 0 Å². The SMILES string of the molecule is C#CCNC(=O)c1cnc(Cl)c(Br)c1. The predicted octanol–water partition coefficient (Wildman–Crippen LogP) is 1.86. The third kappa shape index (κ3) is 2.72. The number of nitrogens with one attached hydrogen (secondary N) is 1. The van der Waals surface area contributed by atoms with Gasteiger partial charge in [0.25, 0.3) is 5.91 Å². The van der Waals surface area contributed by atoms with Crippen molar-refractivity contribution in [2.75, 3.05) is 6.54 Å². The van der Waals surface area contributed by atoms with Crippen molar-refractivity contribution >= 4 is 33.4 Å². The van der Waals surface area contributed by atoms with Gasteiger partial charge in [0.05, 0.1) is 16.6 Å². The first kappa shape index (κ1) is 11.0. The number of hydrogen-bond acceptors (Lipinski definition) is 2. The summed E-state index contributed by atoms with van der Waals surface area (Å²) >= 11 is 8.84. The highest BCUT2D eigenvalue weighted by Crippen LogP contribution is 2.20. The van der Waals surface area contributed by atoms with Crippen LogP contribution < -0.4 is 5.32 Å². The maximum Gasteiger partial charge on any atom is 0.253 e. The summed E-state index contributed by atoms with van der Waals surface area (Å²) < 4.78 is 0.576. The molecule has 1 rings (SSSR count). The highest BCUT2D eigenvalue weighted by Gasteiger charge is 2.07. The molecule has 0 aliphatic rings. The molecule has 3 nitrogen and oxygen atoms in total. The first-order chi connectivity index (χ1) is 6.65. The maximum atomic E-state index is 11.4. The molecule has 0 fully saturated rings. The van der Waals surface area contributed by atoms with Gasteiger partial charge in [0, 0.05) is 6.20 Å². The fraction of sp³-hybridized carbons (Fsp3) is 0.111. The number of nitrogens with zero attached hydrogens (tertiary/aromatic N) is 1. The summed E-state index contributed by atoms with van der Waals surface area (Å²) in [5, 5.41) is 2.83. The third-order valence-corrected chi connectivity index (χ3v) is 2.54. The van der Waals surface area contributed by atoms with E-state index in [9.17, 15) is 4.79 Å². The lowest BCUT2D eigenvalue weighted by Crippen LogP contribution is -2.23. The molecule has 1 heterocycles. The molecule has 72 valence electrons. The van der Waals surface area contributed by atoms with E-state index in [0.717, 1.165) is 0 Å². The van der Waals surface area contributed by atoms with Gasteiger partial charge in [-0.1, -0.05) is 17.5 Å². The van der Waals surface area contributed by atoms with Crippen molar-refractivity contribution in [2.45, 2.75) is 0 Å². The Morgan fingerprint density at radius 3 is 3.07 bits per heavy atom. The van der Waals surface area contributed by atoms with Gasteiger partial charge in [0.2, 0.25) is 0 Å². The second-order valence-corrected chi connectivity index (χ2v) is 3.60. The van der Waals surface area contributed by atoms with Gasteiger partial charge >= 0.3 is 0 Å². The monoisotopic (exact) mass is 272 g/mol. The molecule has 0 saturated heterocycles. The number of pyridine rings is 1. The summed E-state index contributed by atoms with van der Waals surface area (Å²) in [5.74, 6) is 2.03. The molecular weight excluding hydrogens is 267 g/mol. The highest BCUT2D eigenvalue weighted by atomic mass is 79.9. The Kier molecular flexibility index (Phi) is 3.93. The Morgan fingerprint density at radius 2 is 2.50 bits per heavy atom. The number of amides is 1. The summed E-state index contributed by atoms with van der Waals surface area (Å²) in [6.07, 6.45) is 6.39. The van der Waals surface area contributed by atoms with E-state index in [1.807, 2.05) is 0 Å². The molecule has 14 heavy (non-hydrogen) atoms. The molecule has 1 aromatic heterocycles. The molecule has 0 saturated carbocycles. The number of rotatable bonds is 2. The molecule has 0 atom stereocenters. The van der Waals surface area contributed by atoms with Crippen molar-refractivity contribution in [3.05, 3.63) is 27.5 Å². The van der Waals surface area contributed by atoms with Gasteiger partial charge in [-0.2, -0.15) is 0 Å². The van der Waals surface area contributed by atoms with Crippen LogP contribution in [0.2, 0.25) is 5.15 Å². The number of carbonyl (C=O) groups excluding carboxylic acids is 1. The van der Waals surface area contributed by atoms with Crippen LogP contribution in [0, 0.1) is 12.3 Å². The van der Waals surface area contributed by atoms with E-state index in [0.29, 0.717) is 15.2 Å². The molecule has 1 amide bonds. The van der Waals surface area contributed by atoms with Crippen LogP contribution in [-0.4, -0.2) is 17.4 Å². The lowest BCUT2D eigenvalue weighted by molar-refractivity contribution is 0.0958. The van der Waals surface area contributed by atoms with Crippen LogP contribution in [0.25, 0.3) is 0 Å². The molecule has 1 aromatic rings. The van der Waals surface area contributed by atoms with Crippen LogP contribution in [0.4, 0.5) is 0 Å². The second-order valence-electron chi connectivity index (χ2n) is 2.38. The summed E-state index contributed by atoms with van der Waals surface area (Å²) in [6, 6.07) is 1.58. The Balaban J connectivity index is 2.82. The molecular formula is C9H6BrClN2O. The molecule has 0 radical (unpaired) electrons. The van der Waals surface area contributed by atoms with Crippen LogP contribution in [0.1, 0.15) is 10.4 Å². The Labute approximate surface area is 95.0 Å². The highest BCUT2D eigenvalue weighted by molar-refractivity contribution is 9.10. The van der Waals surface area contributed by atoms with Crippen LogP contribution in [0.15, 0.2) is 16.7 Å². The quantitative estimate of drug-likeness (QED) is 0.660. The van der Waals surface area contributed by atoms with E-state index in [2.05, 4.69) is 32.2 Å². The molecule has 5 heteroatoms. The molecule has 0 spiro atoms. The van der Waals surface area contributed by atoms with E-state index < -0.39 is 0 Å². The van der Waals surface area contributed by atoms with Crippen LogP contribution in [0.5, 0.6) is 0 Å². The zero-order valence-electron chi connectivity index (χ0n) is 7.05. The van der Waals surface area contributed by atoms with Crippen molar-refractivity contribution in [1.82, 2.24) is 10.3 Å². The second kappa shape index (κ2) is 4.99. The fourth-order valence-corrected chi connectivity index (χ4v) is 1.23. The van der Waals surface area contributed by atoms with Crippen molar-refractivity contribution in [2.24, 2.45) is 0 Å². The van der Waals surface area contributed by atoms with Crippen LogP contribution >= 0.6 is 27.5 Å². The summed E-state index contributed by atoms with van der Waals surface area (Å²) in [7, 11) is 0. The molecule has 0 bridgehead atoms. The smallest absolute Gasteiger partial charge is 0.253 e. The van der Waals surface area contributed by atoms with E-state index in [4.69, 9.17) is 18.0 Å². The zero-order valence-corrected chi connectivity index (χ0v) is 9.39. The number of halogens is 2. The minimum atomic E-state index is -0.271. The molecule has 0 aliphatic carbocycles. The topological polar surface area (TPSA) is 42.0 Å². The minimum absolute atomic E-state index is 0.194. The lowest BCUT2D eigenvalue weighted by Gasteiger charge is -2.02. The summed E-state index contributed by atoms with van der Waals surface area (Å²) in [4.78, 5) is 15.2. The van der Waals surface area contributed by atoms with Gasteiger partial charge < -0.3 is 5.32 Å². The van der Waals surface area contributed by atoms with E-state index in [-0.39, 0.29) is 12.5 Å². The largest absolute Gasteiger partial charge is 0.341 e. The van der Waals surface area contributed by atoms with E-state index in [1.165, 1.54) is 6.20 Å². The fourth-order valence-electron chi connectivity index (χ4n) is 0.779. The summed E-state index contributed by atoms with van der Waals surface area (Å²) in [5.41, 5.74) is 0.413. The van der Waals surface area contributed by atoms with E-state index in [1.54, 1.807) is 6.07 Å². The number of terminal acetylenes is 1. The van der Waals surface area contributed by atoms with E-state index >= 15 is 0 Å². The first-order valence-corrected chi connectivity index (χ1v) is 4.85. The third-order valence-electron chi connectivity index (χ3n) is 1.41. The van der Waals surface area contributed by atoms with Gasteiger partial charge in [-0.15, -0.1) is 6.42 Å². The number of hydrogen-bond donors (Lipinski definition) is 1. The zero-order chi connectivity index (χ0) is 10.6. The normalized spacial score (nSPS) is 9.21. The molecule has 0 unspecified atom stereocenters. The number of aromatic nitrogens is 1. The van der Waals surface area contributed by atoms with Gasteiger partial charge in [0.15, 0.2) is 0 Å². The average molecular weight is 274 g/mol. The Bertz CT molecular complexity index is 400. The molecule has 1 N–H and O–H groups in total. The number of carbonyl (C=O) groups is 1.